The molecule has 0 heterocycles. The van der Waals surface area contributed by atoms with Crippen LogP contribution in [0.15, 0.2) is 65.1 Å². The Labute approximate surface area is 170 Å². The zero-order valence-electron chi connectivity index (χ0n) is 14.5. The van der Waals surface area contributed by atoms with E-state index in [1.165, 1.54) is 0 Å². The molecule has 3 aromatic rings. The zero-order chi connectivity index (χ0) is 19.2. The van der Waals surface area contributed by atoms with Crippen molar-refractivity contribution >= 4 is 55.6 Å². The number of anilines is 1. The number of halogens is 1. The molecule has 138 valence electrons. The lowest BCUT2D eigenvalue weighted by molar-refractivity contribution is -0.121. The Bertz CT molecular complexity index is 994. The lowest BCUT2D eigenvalue weighted by Gasteiger charge is -2.12. The number of methoxy groups -OCH3 is 1. The third-order valence-electron chi connectivity index (χ3n) is 3.77. The maximum Gasteiger partial charge on any atom is 0.264 e. The maximum atomic E-state index is 12.1. The van der Waals surface area contributed by atoms with Gasteiger partial charge in [-0.15, -0.1) is 0 Å². The molecular weight excluding hydrogens is 428 g/mol. The molecule has 0 aliphatic carbocycles. The first kappa shape index (κ1) is 19.1. The van der Waals surface area contributed by atoms with Crippen molar-refractivity contribution in [3.8, 4) is 11.5 Å². The van der Waals surface area contributed by atoms with E-state index in [9.17, 15) is 4.79 Å². The summed E-state index contributed by atoms with van der Waals surface area (Å²) in [4.78, 5) is 12.1. The number of thiocarbonyl (C=S) groups is 1. The quantitative estimate of drug-likeness (QED) is 0.567. The van der Waals surface area contributed by atoms with Gasteiger partial charge in [-0.3, -0.25) is 10.1 Å². The number of carbonyl (C=O) groups excluding carboxylic acids is 1. The SMILES string of the molecule is COc1cccc(NC(=S)NC(=O)COc2ccc3ccccc3c2Br)c1. The van der Waals surface area contributed by atoms with Crippen LogP contribution in [0.5, 0.6) is 11.5 Å². The van der Waals surface area contributed by atoms with Crippen molar-refractivity contribution in [1.82, 2.24) is 5.32 Å². The van der Waals surface area contributed by atoms with E-state index in [-0.39, 0.29) is 17.6 Å². The van der Waals surface area contributed by atoms with E-state index >= 15 is 0 Å². The molecule has 0 fully saturated rings. The number of hydrogen-bond donors (Lipinski definition) is 2. The Hall–Kier alpha value is -2.64. The number of carbonyl (C=O) groups is 1. The van der Waals surface area contributed by atoms with Crippen molar-refractivity contribution in [3.05, 3.63) is 65.1 Å². The van der Waals surface area contributed by atoms with Crippen LogP contribution in [0.25, 0.3) is 10.8 Å². The van der Waals surface area contributed by atoms with Crippen LogP contribution >= 0.6 is 28.1 Å². The van der Waals surface area contributed by atoms with Crippen molar-refractivity contribution in [3.63, 3.8) is 0 Å². The number of fused-ring (bicyclic) bond motifs is 1. The molecule has 0 saturated heterocycles. The predicted octanol–water partition coefficient (Wildman–Crippen LogP) is 4.50. The van der Waals surface area contributed by atoms with Crippen molar-refractivity contribution in [2.24, 2.45) is 0 Å². The Kier molecular flexibility index (Phi) is 6.26. The third-order valence-corrected chi connectivity index (χ3v) is 4.79. The number of amides is 1. The summed E-state index contributed by atoms with van der Waals surface area (Å²) in [6, 6.07) is 18.9. The summed E-state index contributed by atoms with van der Waals surface area (Å²) in [5.74, 6) is 0.935. The molecule has 3 rings (SSSR count). The second-order valence-corrected chi connectivity index (χ2v) is 6.82. The molecule has 0 spiro atoms. The molecule has 0 aromatic heterocycles. The number of ether oxygens (including phenoxy) is 2. The van der Waals surface area contributed by atoms with Crippen LogP contribution in [-0.2, 0) is 4.79 Å². The summed E-state index contributed by atoms with van der Waals surface area (Å²) >= 11 is 8.70. The van der Waals surface area contributed by atoms with Crippen molar-refractivity contribution in [2.75, 3.05) is 19.0 Å². The average molecular weight is 445 g/mol. The van der Waals surface area contributed by atoms with Gasteiger partial charge in [-0.25, -0.2) is 0 Å². The highest BCUT2D eigenvalue weighted by Crippen LogP contribution is 2.32. The van der Waals surface area contributed by atoms with Crippen molar-refractivity contribution < 1.29 is 14.3 Å². The largest absolute Gasteiger partial charge is 0.497 e. The van der Waals surface area contributed by atoms with Crippen LogP contribution in [0.4, 0.5) is 5.69 Å². The van der Waals surface area contributed by atoms with E-state index in [1.807, 2.05) is 54.6 Å². The Morgan fingerprint density at radius 3 is 2.74 bits per heavy atom. The van der Waals surface area contributed by atoms with E-state index in [0.717, 1.165) is 20.9 Å². The van der Waals surface area contributed by atoms with Gasteiger partial charge in [0.2, 0.25) is 0 Å². The van der Waals surface area contributed by atoms with Crippen LogP contribution in [0.2, 0.25) is 0 Å². The number of benzene rings is 3. The number of rotatable bonds is 5. The molecule has 7 heteroatoms. The highest BCUT2D eigenvalue weighted by molar-refractivity contribution is 9.10. The summed E-state index contributed by atoms with van der Waals surface area (Å²) in [6.07, 6.45) is 0. The smallest absolute Gasteiger partial charge is 0.264 e. The molecule has 5 nitrogen and oxygen atoms in total. The minimum atomic E-state index is -0.351. The molecule has 0 aliphatic rings. The Morgan fingerprint density at radius 2 is 1.93 bits per heavy atom. The second kappa shape index (κ2) is 8.83. The second-order valence-electron chi connectivity index (χ2n) is 5.62. The van der Waals surface area contributed by atoms with E-state index < -0.39 is 0 Å². The Balaban J connectivity index is 1.56. The first-order chi connectivity index (χ1) is 13.1. The van der Waals surface area contributed by atoms with Gasteiger partial charge in [-0.1, -0.05) is 36.4 Å². The number of hydrogen-bond acceptors (Lipinski definition) is 4. The highest BCUT2D eigenvalue weighted by Gasteiger charge is 2.10. The monoisotopic (exact) mass is 444 g/mol. The van der Waals surface area contributed by atoms with E-state index in [4.69, 9.17) is 21.7 Å². The third kappa shape index (κ3) is 4.96. The standard InChI is InChI=1S/C20H17BrN2O3S/c1-25-15-7-4-6-14(11-15)22-20(27)23-18(24)12-26-17-10-9-13-5-2-3-8-16(13)19(17)21/h2-11H,12H2,1H3,(H2,22,23,24,27). The lowest BCUT2D eigenvalue weighted by atomic mass is 10.1. The summed E-state index contributed by atoms with van der Waals surface area (Å²) in [7, 11) is 1.58. The van der Waals surface area contributed by atoms with E-state index in [2.05, 4.69) is 26.6 Å². The number of nitrogens with one attached hydrogen (secondary N) is 2. The fraction of sp³-hybridized carbons (Fsp3) is 0.100. The molecule has 0 radical (unpaired) electrons. The zero-order valence-corrected chi connectivity index (χ0v) is 16.9. The highest BCUT2D eigenvalue weighted by atomic mass is 79.9. The van der Waals surface area contributed by atoms with Gasteiger partial charge in [0, 0.05) is 11.8 Å². The molecule has 27 heavy (non-hydrogen) atoms. The lowest BCUT2D eigenvalue weighted by Crippen LogP contribution is -2.37. The molecule has 0 aliphatic heterocycles. The summed E-state index contributed by atoms with van der Waals surface area (Å²) in [5.41, 5.74) is 0.720. The molecule has 0 bridgehead atoms. The Morgan fingerprint density at radius 1 is 1.11 bits per heavy atom. The van der Waals surface area contributed by atoms with E-state index in [0.29, 0.717) is 11.5 Å². The molecule has 0 atom stereocenters. The van der Waals surface area contributed by atoms with Crippen LogP contribution < -0.4 is 20.1 Å². The van der Waals surface area contributed by atoms with Crippen LogP contribution in [-0.4, -0.2) is 24.7 Å². The van der Waals surface area contributed by atoms with Gasteiger partial charge >= 0.3 is 0 Å². The van der Waals surface area contributed by atoms with Gasteiger partial charge in [-0.05, 0) is 57.1 Å². The van der Waals surface area contributed by atoms with Gasteiger partial charge in [0.25, 0.3) is 5.91 Å². The molecule has 3 aromatic carbocycles. The summed E-state index contributed by atoms with van der Waals surface area (Å²) < 4.78 is 11.6. The molecule has 1 amide bonds. The van der Waals surface area contributed by atoms with Crippen LogP contribution in [0.3, 0.4) is 0 Å². The minimum Gasteiger partial charge on any atom is -0.497 e. The first-order valence-electron chi connectivity index (χ1n) is 8.12. The fourth-order valence-corrected chi connectivity index (χ4v) is 3.33. The topological polar surface area (TPSA) is 59.6 Å². The van der Waals surface area contributed by atoms with Gasteiger partial charge in [0.15, 0.2) is 11.7 Å². The van der Waals surface area contributed by atoms with Gasteiger partial charge in [0.1, 0.15) is 11.5 Å². The molecule has 0 unspecified atom stereocenters. The minimum absolute atomic E-state index is 0.156. The summed E-state index contributed by atoms with van der Waals surface area (Å²) in [5, 5.41) is 7.83. The maximum absolute atomic E-state index is 12.1. The average Bonchev–Trinajstić information content (AvgIpc) is 2.67. The van der Waals surface area contributed by atoms with Crippen LogP contribution in [0, 0.1) is 0 Å². The van der Waals surface area contributed by atoms with Gasteiger partial charge in [-0.2, -0.15) is 0 Å². The van der Waals surface area contributed by atoms with Crippen molar-refractivity contribution in [2.45, 2.75) is 0 Å². The fourth-order valence-electron chi connectivity index (χ4n) is 2.49. The van der Waals surface area contributed by atoms with Crippen molar-refractivity contribution in [1.29, 1.82) is 0 Å². The van der Waals surface area contributed by atoms with Gasteiger partial charge in [0.05, 0.1) is 11.6 Å². The first-order valence-corrected chi connectivity index (χ1v) is 9.32. The van der Waals surface area contributed by atoms with Crippen LogP contribution in [0.1, 0.15) is 0 Å². The van der Waals surface area contributed by atoms with Gasteiger partial charge < -0.3 is 14.8 Å². The molecular formula is C20H17BrN2O3S. The summed E-state index contributed by atoms with van der Waals surface area (Å²) in [6.45, 7) is -0.156. The normalized spacial score (nSPS) is 10.3. The molecule has 0 saturated carbocycles. The molecule has 2 N–H and O–H groups in total. The van der Waals surface area contributed by atoms with E-state index in [1.54, 1.807) is 13.2 Å². The predicted molar refractivity (Wildman–Crippen MR) is 115 cm³/mol.